The van der Waals surface area contributed by atoms with E-state index in [9.17, 15) is 8.42 Å². The summed E-state index contributed by atoms with van der Waals surface area (Å²) >= 11 is 0. The minimum absolute atomic E-state index is 0.172. The van der Waals surface area contributed by atoms with E-state index in [1.165, 1.54) is 6.42 Å². The fraction of sp³-hybridized carbons (Fsp3) is 1.00. The lowest BCUT2D eigenvalue weighted by atomic mass is 9.88. The third-order valence-corrected chi connectivity index (χ3v) is 4.79. The highest BCUT2D eigenvalue weighted by Crippen LogP contribution is 2.24. The molecule has 84 valence electrons. The standard InChI is InChI=1S/C10H21NO2S/c1-8(2)14(12,13)11-10-6-4-5-9(3)7-10/h8-11H,4-7H2,1-3H3. The second-order valence-corrected chi connectivity index (χ2v) is 6.95. The van der Waals surface area contributed by atoms with E-state index < -0.39 is 10.0 Å². The van der Waals surface area contributed by atoms with Crippen molar-refractivity contribution in [2.75, 3.05) is 0 Å². The first kappa shape index (κ1) is 12.0. The average Bonchev–Trinajstić information content (AvgIpc) is 2.02. The molecule has 0 aromatic carbocycles. The third-order valence-electron chi connectivity index (χ3n) is 2.89. The van der Waals surface area contributed by atoms with Gasteiger partial charge in [-0.15, -0.1) is 0 Å². The Morgan fingerprint density at radius 2 is 1.93 bits per heavy atom. The molecule has 0 aromatic rings. The van der Waals surface area contributed by atoms with Crippen LogP contribution in [0.15, 0.2) is 0 Å². The van der Waals surface area contributed by atoms with Gasteiger partial charge < -0.3 is 0 Å². The van der Waals surface area contributed by atoms with Crippen molar-refractivity contribution in [3.63, 3.8) is 0 Å². The Hall–Kier alpha value is -0.0900. The largest absolute Gasteiger partial charge is 0.214 e. The van der Waals surface area contributed by atoms with Gasteiger partial charge in [-0.25, -0.2) is 13.1 Å². The highest BCUT2D eigenvalue weighted by atomic mass is 32.2. The predicted octanol–water partition coefficient (Wildman–Crippen LogP) is 1.89. The molecule has 0 bridgehead atoms. The van der Waals surface area contributed by atoms with Gasteiger partial charge >= 0.3 is 0 Å². The Morgan fingerprint density at radius 1 is 1.29 bits per heavy atom. The van der Waals surface area contributed by atoms with E-state index >= 15 is 0 Å². The number of hydrogen-bond donors (Lipinski definition) is 1. The molecular formula is C10H21NO2S. The molecule has 0 heterocycles. The third kappa shape index (κ3) is 3.24. The average molecular weight is 219 g/mol. The van der Waals surface area contributed by atoms with Crippen LogP contribution in [0.25, 0.3) is 0 Å². The molecule has 2 unspecified atom stereocenters. The summed E-state index contributed by atoms with van der Waals surface area (Å²) in [5.41, 5.74) is 0. The van der Waals surface area contributed by atoms with Crippen molar-refractivity contribution in [1.29, 1.82) is 0 Å². The van der Waals surface area contributed by atoms with Gasteiger partial charge in [0.15, 0.2) is 0 Å². The maximum atomic E-state index is 11.6. The Kier molecular flexibility index (Phi) is 3.95. The second-order valence-electron chi connectivity index (χ2n) is 4.68. The Labute approximate surface area is 87.3 Å². The summed E-state index contributed by atoms with van der Waals surface area (Å²) in [5, 5.41) is -0.320. The number of hydrogen-bond acceptors (Lipinski definition) is 2. The van der Waals surface area contributed by atoms with Crippen LogP contribution < -0.4 is 4.72 Å². The fourth-order valence-corrected chi connectivity index (χ4v) is 2.86. The molecule has 1 fully saturated rings. The minimum Gasteiger partial charge on any atom is -0.212 e. The molecule has 1 aliphatic rings. The van der Waals surface area contributed by atoms with Gasteiger partial charge in [-0.3, -0.25) is 0 Å². The summed E-state index contributed by atoms with van der Waals surface area (Å²) < 4.78 is 26.0. The summed E-state index contributed by atoms with van der Waals surface area (Å²) in [4.78, 5) is 0. The molecule has 0 aliphatic heterocycles. The monoisotopic (exact) mass is 219 g/mol. The second kappa shape index (κ2) is 4.62. The quantitative estimate of drug-likeness (QED) is 0.788. The van der Waals surface area contributed by atoms with Crippen molar-refractivity contribution >= 4 is 10.0 Å². The van der Waals surface area contributed by atoms with Gasteiger partial charge in [0, 0.05) is 6.04 Å². The maximum absolute atomic E-state index is 11.6. The zero-order valence-corrected chi connectivity index (χ0v) is 10.1. The van der Waals surface area contributed by atoms with Crippen LogP contribution in [-0.2, 0) is 10.0 Å². The molecule has 0 saturated heterocycles. The molecule has 0 amide bonds. The number of sulfonamides is 1. The van der Waals surface area contributed by atoms with E-state index in [0.29, 0.717) is 5.92 Å². The Balaban J connectivity index is 2.52. The van der Waals surface area contributed by atoms with Crippen LogP contribution in [0.2, 0.25) is 0 Å². The zero-order valence-electron chi connectivity index (χ0n) is 9.29. The van der Waals surface area contributed by atoms with Crippen molar-refractivity contribution in [2.24, 2.45) is 5.92 Å². The van der Waals surface area contributed by atoms with Crippen molar-refractivity contribution in [1.82, 2.24) is 4.72 Å². The molecule has 4 heteroatoms. The summed E-state index contributed by atoms with van der Waals surface area (Å²) in [6.45, 7) is 5.62. The van der Waals surface area contributed by atoms with Gasteiger partial charge in [0.05, 0.1) is 5.25 Å². The van der Waals surface area contributed by atoms with Crippen LogP contribution in [0.4, 0.5) is 0 Å². The zero-order chi connectivity index (χ0) is 10.8. The molecule has 14 heavy (non-hydrogen) atoms. The summed E-state index contributed by atoms with van der Waals surface area (Å²) in [5.74, 6) is 0.656. The first-order valence-electron chi connectivity index (χ1n) is 5.43. The van der Waals surface area contributed by atoms with Gasteiger partial charge in [0.1, 0.15) is 0 Å². The van der Waals surface area contributed by atoms with E-state index in [-0.39, 0.29) is 11.3 Å². The molecule has 3 nitrogen and oxygen atoms in total. The summed E-state index contributed by atoms with van der Waals surface area (Å²) in [6, 6.07) is 0.172. The van der Waals surface area contributed by atoms with Gasteiger partial charge in [-0.2, -0.15) is 0 Å². The molecular weight excluding hydrogens is 198 g/mol. The van der Waals surface area contributed by atoms with Crippen LogP contribution in [0.5, 0.6) is 0 Å². The van der Waals surface area contributed by atoms with Crippen LogP contribution >= 0.6 is 0 Å². The van der Waals surface area contributed by atoms with Gasteiger partial charge in [-0.1, -0.05) is 19.8 Å². The number of nitrogens with one attached hydrogen (secondary N) is 1. The first-order valence-corrected chi connectivity index (χ1v) is 6.97. The number of rotatable bonds is 3. The normalized spacial score (nSPS) is 29.4. The molecule has 0 aromatic heterocycles. The minimum atomic E-state index is -3.07. The van der Waals surface area contributed by atoms with E-state index in [2.05, 4.69) is 11.6 Å². The van der Waals surface area contributed by atoms with E-state index in [4.69, 9.17) is 0 Å². The van der Waals surface area contributed by atoms with Gasteiger partial charge in [0.2, 0.25) is 10.0 Å². The Morgan fingerprint density at radius 3 is 2.43 bits per heavy atom. The van der Waals surface area contributed by atoms with Crippen molar-refractivity contribution in [3.8, 4) is 0 Å². The molecule has 0 spiro atoms. The molecule has 1 N–H and O–H groups in total. The van der Waals surface area contributed by atoms with E-state index in [0.717, 1.165) is 19.3 Å². The van der Waals surface area contributed by atoms with Crippen molar-refractivity contribution in [3.05, 3.63) is 0 Å². The fourth-order valence-electron chi connectivity index (χ4n) is 1.91. The van der Waals surface area contributed by atoms with Crippen LogP contribution in [-0.4, -0.2) is 19.7 Å². The molecule has 1 saturated carbocycles. The highest BCUT2D eigenvalue weighted by molar-refractivity contribution is 7.90. The maximum Gasteiger partial charge on any atom is 0.214 e. The topological polar surface area (TPSA) is 46.2 Å². The van der Waals surface area contributed by atoms with Crippen LogP contribution in [0, 0.1) is 5.92 Å². The van der Waals surface area contributed by atoms with Gasteiger partial charge in [0.25, 0.3) is 0 Å². The highest BCUT2D eigenvalue weighted by Gasteiger charge is 2.24. The molecule has 2 atom stereocenters. The lowest BCUT2D eigenvalue weighted by molar-refractivity contribution is 0.327. The first-order chi connectivity index (χ1) is 6.42. The Bertz CT molecular complexity index is 272. The predicted molar refractivity (Wildman–Crippen MR) is 58.6 cm³/mol. The molecule has 0 radical (unpaired) electrons. The smallest absolute Gasteiger partial charge is 0.212 e. The van der Waals surface area contributed by atoms with Gasteiger partial charge in [-0.05, 0) is 32.6 Å². The lowest BCUT2D eigenvalue weighted by Gasteiger charge is -2.27. The van der Waals surface area contributed by atoms with Crippen molar-refractivity contribution in [2.45, 2.75) is 57.7 Å². The van der Waals surface area contributed by atoms with Crippen LogP contribution in [0.3, 0.4) is 0 Å². The molecule has 1 aliphatic carbocycles. The lowest BCUT2D eigenvalue weighted by Crippen LogP contribution is -2.41. The van der Waals surface area contributed by atoms with E-state index in [1.807, 2.05) is 0 Å². The van der Waals surface area contributed by atoms with Crippen LogP contribution in [0.1, 0.15) is 46.5 Å². The molecule has 1 rings (SSSR count). The SMILES string of the molecule is CC1CCCC(NS(=O)(=O)C(C)C)C1. The van der Waals surface area contributed by atoms with E-state index in [1.54, 1.807) is 13.8 Å². The summed E-state index contributed by atoms with van der Waals surface area (Å²) in [7, 11) is -3.07. The van der Waals surface area contributed by atoms with Crippen molar-refractivity contribution < 1.29 is 8.42 Å². The summed E-state index contributed by atoms with van der Waals surface area (Å²) in [6.07, 6.45) is 4.37.